The van der Waals surface area contributed by atoms with Gasteiger partial charge in [0.1, 0.15) is 0 Å². The Morgan fingerprint density at radius 1 is 1.17 bits per heavy atom. The SMILES string of the molecule is Cc1ccc(C(C)NC(=O)CN2CCN(S(C)(=O)=O)CC2)cc1C. The van der Waals surface area contributed by atoms with Gasteiger partial charge in [0, 0.05) is 26.2 Å². The van der Waals surface area contributed by atoms with Crippen LogP contribution in [0.3, 0.4) is 0 Å². The van der Waals surface area contributed by atoms with Crippen LogP contribution in [-0.2, 0) is 14.8 Å². The minimum absolute atomic E-state index is 0.0338. The van der Waals surface area contributed by atoms with Crippen molar-refractivity contribution in [2.24, 2.45) is 0 Å². The fourth-order valence-electron chi connectivity index (χ4n) is 2.83. The Morgan fingerprint density at radius 3 is 2.33 bits per heavy atom. The molecule has 0 saturated carbocycles. The second-order valence-electron chi connectivity index (χ2n) is 6.57. The first-order chi connectivity index (χ1) is 11.2. The van der Waals surface area contributed by atoms with Gasteiger partial charge in [0.25, 0.3) is 0 Å². The molecule has 1 aliphatic rings. The Hall–Kier alpha value is -1.44. The van der Waals surface area contributed by atoms with Crippen molar-refractivity contribution in [2.75, 3.05) is 39.0 Å². The Balaban J connectivity index is 1.84. The molecule has 6 nitrogen and oxygen atoms in total. The van der Waals surface area contributed by atoms with Gasteiger partial charge in [-0.1, -0.05) is 18.2 Å². The molecule has 0 bridgehead atoms. The van der Waals surface area contributed by atoms with Crippen molar-refractivity contribution in [3.8, 4) is 0 Å². The van der Waals surface area contributed by atoms with Crippen LogP contribution in [0.4, 0.5) is 0 Å². The summed E-state index contributed by atoms with van der Waals surface area (Å²) >= 11 is 0. The van der Waals surface area contributed by atoms with E-state index in [9.17, 15) is 13.2 Å². The number of nitrogens with zero attached hydrogens (tertiary/aromatic N) is 2. The predicted octanol–water partition coefficient (Wildman–Crippen LogP) is 1.06. The van der Waals surface area contributed by atoms with Crippen molar-refractivity contribution in [1.82, 2.24) is 14.5 Å². The highest BCUT2D eigenvalue weighted by atomic mass is 32.2. The second-order valence-corrected chi connectivity index (χ2v) is 8.55. The fourth-order valence-corrected chi connectivity index (χ4v) is 3.65. The van der Waals surface area contributed by atoms with E-state index in [0.717, 1.165) is 5.56 Å². The number of amides is 1. The van der Waals surface area contributed by atoms with Gasteiger partial charge in [-0.05, 0) is 37.5 Å². The summed E-state index contributed by atoms with van der Waals surface area (Å²) in [6.07, 6.45) is 1.22. The first kappa shape index (κ1) is 18.9. The summed E-state index contributed by atoms with van der Waals surface area (Å²) in [6.45, 7) is 8.46. The van der Waals surface area contributed by atoms with Crippen molar-refractivity contribution in [3.63, 3.8) is 0 Å². The fraction of sp³-hybridized carbons (Fsp3) is 0.588. The average Bonchev–Trinajstić information content (AvgIpc) is 2.49. The molecule has 1 heterocycles. The first-order valence-electron chi connectivity index (χ1n) is 8.21. The van der Waals surface area contributed by atoms with Gasteiger partial charge < -0.3 is 5.32 Å². The van der Waals surface area contributed by atoms with E-state index in [1.54, 1.807) is 0 Å². The lowest BCUT2D eigenvalue weighted by atomic mass is 10.0. The molecule has 24 heavy (non-hydrogen) atoms. The molecule has 2 rings (SSSR count). The van der Waals surface area contributed by atoms with Gasteiger partial charge in [-0.2, -0.15) is 4.31 Å². The highest BCUT2D eigenvalue weighted by Crippen LogP contribution is 2.16. The number of sulfonamides is 1. The molecule has 1 unspecified atom stereocenters. The summed E-state index contributed by atoms with van der Waals surface area (Å²) in [5.74, 6) is -0.0338. The maximum absolute atomic E-state index is 12.2. The maximum atomic E-state index is 12.2. The lowest BCUT2D eigenvalue weighted by Gasteiger charge is -2.32. The smallest absolute Gasteiger partial charge is 0.234 e. The van der Waals surface area contributed by atoms with Crippen molar-refractivity contribution in [1.29, 1.82) is 0 Å². The van der Waals surface area contributed by atoms with Gasteiger partial charge in [-0.15, -0.1) is 0 Å². The number of carbonyl (C=O) groups is 1. The van der Waals surface area contributed by atoms with E-state index in [1.165, 1.54) is 21.7 Å². The number of piperazine rings is 1. The van der Waals surface area contributed by atoms with Crippen LogP contribution in [-0.4, -0.2) is 62.5 Å². The number of carbonyl (C=O) groups excluding carboxylic acids is 1. The van der Waals surface area contributed by atoms with E-state index < -0.39 is 10.0 Å². The number of benzene rings is 1. The van der Waals surface area contributed by atoms with Crippen LogP contribution >= 0.6 is 0 Å². The van der Waals surface area contributed by atoms with Gasteiger partial charge in [-0.3, -0.25) is 9.69 Å². The Morgan fingerprint density at radius 2 is 1.79 bits per heavy atom. The molecular formula is C17H27N3O3S. The highest BCUT2D eigenvalue weighted by molar-refractivity contribution is 7.88. The maximum Gasteiger partial charge on any atom is 0.234 e. The second kappa shape index (κ2) is 7.63. The molecule has 1 aromatic rings. The van der Waals surface area contributed by atoms with Gasteiger partial charge in [0.05, 0.1) is 18.8 Å². The van der Waals surface area contributed by atoms with Crippen LogP contribution in [0.15, 0.2) is 18.2 Å². The highest BCUT2D eigenvalue weighted by Gasteiger charge is 2.24. The molecular weight excluding hydrogens is 326 g/mol. The van der Waals surface area contributed by atoms with Gasteiger partial charge in [-0.25, -0.2) is 8.42 Å². The number of hydrogen-bond acceptors (Lipinski definition) is 4. The third kappa shape index (κ3) is 5.03. The quantitative estimate of drug-likeness (QED) is 0.859. The van der Waals surface area contributed by atoms with Crippen molar-refractivity contribution in [2.45, 2.75) is 26.8 Å². The van der Waals surface area contributed by atoms with E-state index in [4.69, 9.17) is 0 Å². The zero-order valence-electron chi connectivity index (χ0n) is 14.9. The van der Waals surface area contributed by atoms with Crippen LogP contribution in [0.1, 0.15) is 29.7 Å². The van der Waals surface area contributed by atoms with E-state index in [0.29, 0.717) is 32.7 Å². The molecule has 1 aromatic carbocycles. The summed E-state index contributed by atoms with van der Waals surface area (Å²) in [4.78, 5) is 14.2. The third-order valence-corrected chi connectivity index (χ3v) is 5.88. The zero-order valence-corrected chi connectivity index (χ0v) is 15.7. The van der Waals surface area contributed by atoms with Crippen LogP contribution in [0.2, 0.25) is 0 Å². The Labute approximate surface area is 144 Å². The Kier molecular flexibility index (Phi) is 6.01. The topological polar surface area (TPSA) is 69.7 Å². The summed E-state index contributed by atoms with van der Waals surface area (Å²) in [7, 11) is -3.13. The standard InChI is InChI=1S/C17H27N3O3S/c1-13-5-6-16(11-14(13)2)15(3)18-17(21)12-19-7-9-20(10-8-19)24(4,22)23/h5-6,11,15H,7-10,12H2,1-4H3,(H,18,21). The molecule has 134 valence electrons. The van der Waals surface area contributed by atoms with E-state index >= 15 is 0 Å². The predicted molar refractivity (Wildman–Crippen MR) is 95.3 cm³/mol. The summed E-state index contributed by atoms with van der Waals surface area (Å²) < 4.78 is 24.5. The molecule has 1 saturated heterocycles. The molecule has 0 aromatic heterocycles. The van der Waals surface area contributed by atoms with Crippen molar-refractivity contribution in [3.05, 3.63) is 34.9 Å². The monoisotopic (exact) mass is 353 g/mol. The van der Waals surface area contributed by atoms with Gasteiger partial charge in [0.15, 0.2) is 0 Å². The molecule has 0 radical (unpaired) electrons. The largest absolute Gasteiger partial charge is 0.348 e. The normalized spacial score (nSPS) is 18.3. The Bertz CT molecular complexity index is 695. The van der Waals surface area contributed by atoms with Crippen LogP contribution < -0.4 is 5.32 Å². The molecule has 0 spiro atoms. The minimum Gasteiger partial charge on any atom is -0.348 e. The molecule has 7 heteroatoms. The summed E-state index contributed by atoms with van der Waals surface area (Å²) in [6, 6.07) is 6.16. The molecule has 0 aliphatic carbocycles. The van der Waals surface area contributed by atoms with Crippen molar-refractivity contribution >= 4 is 15.9 Å². The summed E-state index contributed by atoms with van der Waals surface area (Å²) in [5.41, 5.74) is 3.54. The minimum atomic E-state index is -3.13. The van der Waals surface area contributed by atoms with Crippen LogP contribution in [0, 0.1) is 13.8 Å². The zero-order chi connectivity index (χ0) is 17.9. The lowest BCUT2D eigenvalue weighted by Crippen LogP contribution is -2.50. The molecule has 1 N–H and O–H groups in total. The first-order valence-corrected chi connectivity index (χ1v) is 10.1. The molecule has 1 amide bonds. The number of rotatable bonds is 5. The third-order valence-electron chi connectivity index (χ3n) is 4.58. The lowest BCUT2D eigenvalue weighted by molar-refractivity contribution is -0.123. The number of hydrogen-bond donors (Lipinski definition) is 1. The van der Waals surface area contributed by atoms with Crippen LogP contribution in [0.25, 0.3) is 0 Å². The average molecular weight is 353 g/mol. The van der Waals surface area contributed by atoms with Crippen molar-refractivity contribution < 1.29 is 13.2 Å². The molecule has 1 aliphatic heterocycles. The van der Waals surface area contributed by atoms with E-state index in [1.807, 2.05) is 17.9 Å². The number of nitrogens with one attached hydrogen (secondary N) is 1. The molecule has 1 fully saturated rings. The van der Waals surface area contributed by atoms with E-state index in [2.05, 4.69) is 31.3 Å². The number of aryl methyl sites for hydroxylation is 2. The van der Waals surface area contributed by atoms with E-state index in [-0.39, 0.29) is 11.9 Å². The van der Waals surface area contributed by atoms with Gasteiger partial charge in [0.2, 0.25) is 15.9 Å². The van der Waals surface area contributed by atoms with Crippen LogP contribution in [0.5, 0.6) is 0 Å². The summed E-state index contributed by atoms with van der Waals surface area (Å²) in [5, 5.41) is 3.02. The molecule has 1 atom stereocenters. The van der Waals surface area contributed by atoms with Gasteiger partial charge >= 0.3 is 0 Å².